The molecule has 0 unspecified atom stereocenters. The lowest BCUT2D eigenvalue weighted by molar-refractivity contribution is 0.0953. The molecule has 12 heavy (non-hydrogen) atoms. The molecule has 64 valence electrons. The molecule has 0 aromatic heterocycles. The van der Waals surface area contributed by atoms with Gasteiger partial charge in [-0.05, 0) is 24.6 Å². The van der Waals surface area contributed by atoms with Crippen molar-refractivity contribution in [3.8, 4) is 0 Å². The lowest BCUT2D eigenvalue weighted by Gasteiger charge is -2.04. The van der Waals surface area contributed by atoms with Gasteiger partial charge in [0.05, 0.1) is 0 Å². The summed E-state index contributed by atoms with van der Waals surface area (Å²) in [6.45, 7) is 1.77. The zero-order valence-electron chi connectivity index (χ0n) is 6.60. The maximum atomic E-state index is 11.1. The third-order valence-corrected chi connectivity index (χ3v) is 2.05. The predicted molar refractivity (Wildman–Crippen MR) is 47.8 cm³/mol. The van der Waals surface area contributed by atoms with Crippen LogP contribution in [0.2, 0.25) is 5.02 Å². The van der Waals surface area contributed by atoms with Crippen molar-refractivity contribution in [3.05, 3.63) is 34.3 Å². The van der Waals surface area contributed by atoms with Crippen molar-refractivity contribution in [2.45, 2.75) is 6.92 Å². The molecule has 1 amide bonds. The number of halogens is 1. The quantitative estimate of drug-likeness (QED) is 0.392. The summed E-state index contributed by atoms with van der Waals surface area (Å²) in [4.78, 5) is 11.1. The fourth-order valence-electron chi connectivity index (χ4n) is 0.931. The summed E-state index contributed by atoms with van der Waals surface area (Å²) in [5.41, 5.74) is 3.29. The standard InChI is InChI=1S/C8H9ClN2O/c1-5-6(8(12)11-10)3-2-4-7(5)9/h2-4H,10H2,1H3,(H,11,12). The fourth-order valence-corrected chi connectivity index (χ4v) is 1.11. The molecule has 0 aliphatic rings. The molecule has 0 aliphatic carbocycles. The number of nitrogens with one attached hydrogen (secondary N) is 1. The second-order valence-electron chi connectivity index (χ2n) is 2.39. The normalized spacial score (nSPS) is 9.58. The van der Waals surface area contributed by atoms with E-state index in [0.717, 1.165) is 5.56 Å². The van der Waals surface area contributed by atoms with Crippen LogP contribution in [0.3, 0.4) is 0 Å². The molecule has 0 radical (unpaired) electrons. The molecule has 4 heteroatoms. The molecular weight excluding hydrogens is 176 g/mol. The summed E-state index contributed by atoms with van der Waals surface area (Å²) in [6.07, 6.45) is 0. The second-order valence-corrected chi connectivity index (χ2v) is 2.79. The van der Waals surface area contributed by atoms with Crippen molar-refractivity contribution in [3.63, 3.8) is 0 Å². The lowest BCUT2D eigenvalue weighted by atomic mass is 10.1. The van der Waals surface area contributed by atoms with Crippen molar-refractivity contribution in [1.29, 1.82) is 0 Å². The maximum Gasteiger partial charge on any atom is 0.265 e. The number of benzene rings is 1. The van der Waals surface area contributed by atoms with Crippen LogP contribution in [-0.2, 0) is 0 Å². The molecule has 1 rings (SSSR count). The SMILES string of the molecule is Cc1c(Cl)cccc1C(=O)NN. The van der Waals surface area contributed by atoms with Gasteiger partial charge in [0.25, 0.3) is 5.91 Å². The number of amides is 1. The average molecular weight is 185 g/mol. The highest BCUT2D eigenvalue weighted by Gasteiger charge is 2.08. The fraction of sp³-hybridized carbons (Fsp3) is 0.125. The number of carbonyl (C=O) groups is 1. The van der Waals surface area contributed by atoms with Gasteiger partial charge in [0.1, 0.15) is 0 Å². The van der Waals surface area contributed by atoms with Crippen LogP contribution in [0.15, 0.2) is 18.2 Å². The largest absolute Gasteiger partial charge is 0.290 e. The van der Waals surface area contributed by atoms with E-state index in [2.05, 4.69) is 5.43 Å². The minimum atomic E-state index is -0.324. The highest BCUT2D eigenvalue weighted by molar-refractivity contribution is 6.31. The van der Waals surface area contributed by atoms with Crippen molar-refractivity contribution >= 4 is 17.5 Å². The number of hydrazine groups is 1. The monoisotopic (exact) mass is 184 g/mol. The van der Waals surface area contributed by atoms with Crippen LogP contribution >= 0.6 is 11.6 Å². The van der Waals surface area contributed by atoms with Crippen molar-refractivity contribution < 1.29 is 4.79 Å². The Hall–Kier alpha value is -1.06. The van der Waals surface area contributed by atoms with E-state index in [1.54, 1.807) is 25.1 Å². The molecular formula is C8H9ClN2O. The summed E-state index contributed by atoms with van der Waals surface area (Å²) in [6, 6.07) is 5.10. The molecule has 3 nitrogen and oxygen atoms in total. The third kappa shape index (κ3) is 1.57. The van der Waals surface area contributed by atoms with E-state index in [-0.39, 0.29) is 5.91 Å². The van der Waals surface area contributed by atoms with Crippen LogP contribution in [0.4, 0.5) is 0 Å². The zero-order valence-corrected chi connectivity index (χ0v) is 7.35. The molecule has 3 N–H and O–H groups in total. The Balaban J connectivity index is 3.16. The molecule has 0 fully saturated rings. The van der Waals surface area contributed by atoms with Gasteiger partial charge in [-0.1, -0.05) is 17.7 Å². The van der Waals surface area contributed by atoms with Crippen molar-refractivity contribution in [2.24, 2.45) is 5.84 Å². The van der Waals surface area contributed by atoms with Gasteiger partial charge < -0.3 is 0 Å². The molecule has 0 saturated carbocycles. The van der Waals surface area contributed by atoms with E-state index in [0.29, 0.717) is 10.6 Å². The van der Waals surface area contributed by atoms with E-state index in [4.69, 9.17) is 17.4 Å². The summed E-state index contributed by atoms with van der Waals surface area (Å²) >= 11 is 5.79. The van der Waals surface area contributed by atoms with Crippen LogP contribution in [0.25, 0.3) is 0 Å². The Kier molecular flexibility index (Phi) is 2.68. The molecule has 0 aliphatic heterocycles. The van der Waals surface area contributed by atoms with E-state index < -0.39 is 0 Å². The number of nitrogen functional groups attached to an aromatic ring is 1. The molecule has 0 atom stereocenters. The maximum absolute atomic E-state index is 11.1. The number of hydrogen-bond acceptors (Lipinski definition) is 2. The Morgan fingerprint density at radius 3 is 2.83 bits per heavy atom. The first-order valence-electron chi connectivity index (χ1n) is 3.43. The minimum absolute atomic E-state index is 0.324. The molecule has 0 bridgehead atoms. The van der Waals surface area contributed by atoms with Crippen molar-refractivity contribution in [2.75, 3.05) is 0 Å². The first kappa shape index (κ1) is 9.03. The highest BCUT2D eigenvalue weighted by atomic mass is 35.5. The summed E-state index contributed by atoms with van der Waals surface area (Å²) in [5, 5.41) is 0.566. The van der Waals surface area contributed by atoms with E-state index >= 15 is 0 Å². The Labute approximate surface area is 75.5 Å². The van der Waals surface area contributed by atoms with Crippen LogP contribution in [-0.4, -0.2) is 5.91 Å². The van der Waals surface area contributed by atoms with Gasteiger partial charge in [-0.2, -0.15) is 0 Å². The zero-order chi connectivity index (χ0) is 9.14. The first-order valence-corrected chi connectivity index (χ1v) is 3.80. The van der Waals surface area contributed by atoms with Crippen LogP contribution in [0.1, 0.15) is 15.9 Å². The van der Waals surface area contributed by atoms with E-state index in [1.165, 1.54) is 0 Å². The molecule has 1 aromatic carbocycles. The van der Waals surface area contributed by atoms with Gasteiger partial charge in [0.15, 0.2) is 0 Å². The number of nitrogens with two attached hydrogens (primary N) is 1. The topological polar surface area (TPSA) is 55.1 Å². The molecule has 0 spiro atoms. The first-order chi connectivity index (χ1) is 5.66. The minimum Gasteiger partial charge on any atom is -0.290 e. The lowest BCUT2D eigenvalue weighted by Crippen LogP contribution is -2.30. The molecule has 0 heterocycles. The van der Waals surface area contributed by atoms with Gasteiger partial charge in [-0.3, -0.25) is 10.2 Å². The van der Waals surface area contributed by atoms with Gasteiger partial charge in [0, 0.05) is 10.6 Å². The van der Waals surface area contributed by atoms with Gasteiger partial charge >= 0.3 is 0 Å². The summed E-state index contributed by atoms with van der Waals surface area (Å²) in [5.74, 6) is 4.66. The highest BCUT2D eigenvalue weighted by Crippen LogP contribution is 2.18. The molecule has 0 saturated heterocycles. The average Bonchev–Trinajstić information content (AvgIpc) is 2.08. The Morgan fingerprint density at radius 1 is 1.58 bits per heavy atom. The number of rotatable bonds is 1. The molecule has 1 aromatic rings. The second kappa shape index (κ2) is 3.56. The van der Waals surface area contributed by atoms with Crippen molar-refractivity contribution in [1.82, 2.24) is 5.43 Å². The summed E-state index contributed by atoms with van der Waals surface area (Å²) in [7, 11) is 0. The smallest absolute Gasteiger partial charge is 0.265 e. The van der Waals surface area contributed by atoms with Crippen LogP contribution < -0.4 is 11.3 Å². The predicted octanol–water partition coefficient (Wildman–Crippen LogP) is 1.25. The number of hydrogen-bond donors (Lipinski definition) is 2. The van der Waals surface area contributed by atoms with Crippen LogP contribution in [0.5, 0.6) is 0 Å². The van der Waals surface area contributed by atoms with Crippen LogP contribution in [0, 0.1) is 6.92 Å². The van der Waals surface area contributed by atoms with E-state index in [1.807, 2.05) is 0 Å². The summed E-state index contributed by atoms with van der Waals surface area (Å²) < 4.78 is 0. The van der Waals surface area contributed by atoms with E-state index in [9.17, 15) is 4.79 Å². The Morgan fingerprint density at radius 2 is 2.25 bits per heavy atom. The third-order valence-electron chi connectivity index (χ3n) is 1.64. The number of carbonyl (C=O) groups excluding carboxylic acids is 1. The van der Waals surface area contributed by atoms with Gasteiger partial charge in [-0.15, -0.1) is 0 Å². The Bertz CT molecular complexity index is 312. The van der Waals surface area contributed by atoms with Gasteiger partial charge in [-0.25, -0.2) is 5.84 Å². The van der Waals surface area contributed by atoms with Gasteiger partial charge in [0.2, 0.25) is 0 Å².